The topological polar surface area (TPSA) is 28.2 Å². The Morgan fingerprint density at radius 1 is 1.38 bits per heavy atom. The van der Waals surface area contributed by atoms with Crippen LogP contribution in [0.3, 0.4) is 0 Å². The third-order valence-electron chi connectivity index (χ3n) is 4.66. The van der Waals surface area contributed by atoms with E-state index in [1.54, 1.807) is 22.5 Å². The molecule has 0 spiro atoms. The Morgan fingerprint density at radius 3 is 3.10 bits per heavy atom. The van der Waals surface area contributed by atoms with Gasteiger partial charge < -0.3 is 10.2 Å². The summed E-state index contributed by atoms with van der Waals surface area (Å²) in [5.74, 6) is 0. The van der Waals surface area contributed by atoms with Crippen LogP contribution in [0.25, 0.3) is 0 Å². The second kappa shape index (κ2) is 5.43. The van der Waals surface area contributed by atoms with E-state index in [9.17, 15) is 0 Å². The Hall–Kier alpha value is -1.39. The molecule has 0 aliphatic carbocycles. The van der Waals surface area contributed by atoms with Gasteiger partial charge in [0.2, 0.25) is 0 Å². The molecule has 1 unspecified atom stereocenters. The van der Waals surface area contributed by atoms with Crippen molar-refractivity contribution < 1.29 is 0 Å². The van der Waals surface area contributed by atoms with E-state index in [1.807, 2.05) is 6.20 Å². The molecule has 0 saturated carbocycles. The zero-order valence-corrected chi connectivity index (χ0v) is 13.2. The van der Waals surface area contributed by atoms with E-state index in [0.717, 1.165) is 24.5 Å². The number of rotatable bonds is 2. The van der Waals surface area contributed by atoms with Gasteiger partial charge in [-0.05, 0) is 49.4 Å². The molecule has 4 rings (SSSR count). The van der Waals surface area contributed by atoms with E-state index >= 15 is 0 Å². The number of benzene rings is 1. The number of nitrogens with zero attached hydrogens (tertiary/aromatic N) is 2. The van der Waals surface area contributed by atoms with Crippen LogP contribution < -0.4 is 10.2 Å². The second-order valence-corrected chi connectivity index (χ2v) is 7.24. The van der Waals surface area contributed by atoms with Crippen molar-refractivity contribution in [2.45, 2.75) is 38.8 Å². The molecule has 2 aliphatic heterocycles. The highest BCUT2D eigenvalue weighted by atomic mass is 32.1. The highest BCUT2D eigenvalue weighted by molar-refractivity contribution is 7.15. The summed E-state index contributed by atoms with van der Waals surface area (Å²) in [4.78, 5) is 6.87. The van der Waals surface area contributed by atoms with Gasteiger partial charge in [0.25, 0.3) is 0 Å². The fourth-order valence-corrected chi connectivity index (χ4v) is 4.40. The van der Waals surface area contributed by atoms with E-state index < -0.39 is 0 Å². The first-order chi connectivity index (χ1) is 10.3. The highest BCUT2D eigenvalue weighted by Gasteiger charge is 2.24. The lowest BCUT2D eigenvalue weighted by Gasteiger charge is -2.31. The Kier molecular flexibility index (Phi) is 3.43. The summed E-state index contributed by atoms with van der Waals surface area (Å²) in [6.07, 6.45) is 5.77. The van der Waals surface area contributed by atoms with Crippen molar-refractivity contribution in [1.82, 2.24) is 10.3 Å². The minimum atomic E-state index is 0.581. The van der Waals surface area contributed by atoms with Crippen LogP contribution in [0.4, 0.5) is 5.00 Å². The molecule has 1 N–H and O–H groups in total. The lowest BCUT2D eigenvalue weighted by molar-refractivity contribution is 0.627. The van der Waals surface area contributed by atoms with E-state index in [-0.39, 0.29) is 0 Å². The maximum absolute atomic E-state index is 4.40. The third kappa shape index (κ3) is 2.47. The quantitative estimate of drug-likeness (QED) is 0.921. The van der Waals surface area contributed by atoms with E-state index in [0.29, 0.717) is 6.04 Å². The van der Waals surface area contributed by atoms with Crippen molar-refractivity contribution in [3.05, 3.63) is 46.1 Å². The molecule has 0 bridgehead atoms. The van der Waals surface area contributed by atoms with Gasteiger partial charge in [-0.15, -0.1) is 11.3 Å². The Bertz CT molecular complexity index is 643. The molecular weight excluding hydrogens is 278 g/mol. The van der Waals surface area contributed by atoms with Gasteiger partial charge in [0.15, 0.2) is 0 Å². The monoisotopic (exact) mass is 299 g/mol. The van der Waals surface area contributed by atoms with Crippen LogP contribution in [-0.4, -0.2) is 18.1 Å². The van der Waals surface area contributed by atoms with Crippen molar-refractivity contribution in [3.8, 4) is 0 Å². The van der Waals surface area contributed by atoms with Crippen molar-refractivity contribution in [3.63, 3.8) is 0 Å². The van der Waals surface area contributed by atoms with Crippen LogP contribution in [-0.2, 0) is 13.0 Å². The van der Waals surface area contributed by atoms with Gasteiger partial charge in [-0.3, -0.25) is 0 Å². The SMILES string of the molecule is Cc1ncc(N2CCc3c(cccc3C3CCCN3)C2)s1. The molecule has 2 aromatic rings. The van der Waals surface area contributed by atoms with Crippen LogP contribution in [0.2, 0.25) is 0 Å². The fourth-order valence-electron chi connectivity index (χ4n) is 3.60. The standard InChI is InChI=1S/C17H21N3S/c1-12-19-10-17(21-12)20-9-7-14-13(11-20)4-2-5-15(14)16-6-3-8-18-16/h2,4-5,10,16,18H,3,6-9,11H2,1H3. The van der Waals surface area contributed by atoms with E-state index in [4.69, 9.17) is 0 Å². The first-order valence-electron chi connectivity index (χ1n) is 7.83. The number of thiazole rings is 1. The Morgan fingerprint density at radius 2 is 2.33 bits per heavy atom. The molecule has 1 atom stereocenters. The molecular formula is C17H21N3S. The molecule has 110 valence electrons. The summed E-state index contributed by atoms with van der Waals surface area (Å²) in [7, 11) is 0. The van der Waals surface area contributed by atoms with Crippen LogP contribution in [0, 0.1) is 6.92 Å². The predicted molar refractivity (Wildman–Crippen MR) is 88.0 cm³/mol. The van der Waals surface area contributed by atoms with Crippen LogP contribution in [0.1, 0.15) is 40.6 Å². The summed E-state index contributed by atoms with van der Waals surface area (Å²) >= 11 is 1.80. The normalized spacial score (nSPS) is 21.6. The lowest BCUT2D eigenvalue weighted by atomic mass is 9.90. The molecule has 2 aliphatic rings. The summed E-state index contributed by atoms with van der Waals surface area (Å²) in [5, 5.41) is 6.11. The number of hydrogen-bond donors (Lipinski definition) is 1. The molecule has 0 radical (unpaired) electrons. The molecule has 1 saturated heterocycles. The maximum atomic E-state index is 4.40. The van der Waals surface area contributed by atoms with Gasteiger partial charge in [0, 0.05) is 19.1 Å². The highest BCUT2D eigenvalue weighted by Crippen LogP contribution is 2.33. The van der Waals surface area contributed by atoms with Crippen molar-refractivity contribution >= 4 is 16.3 Å². The molecule has 21 heavy (non-hydrogen) atoms. The lowest BCUT2D eigenvalue weighted by Crippen LogP contribution is -2.31. The minimum absolute atomic E-state index is 0.581. The van der Waals surface area contributed by atoms with E-state index in [1.165, 1.54) is 30.0 Å². The average Bonchev–Trinajstić information content (AvgIpc) is 3.17. The van der Waals surface area contributed by atoms with Gasteiger partial charge in [0.05, 0.1) is 11.2 Å². The summed E-state index contributed by atoms with van der Waals surface area (Å²) in [6.45, 7) is 5.38. The zero-order chi connectivity index (χ0) is 14.2. The van der Waals surface area contributed by atoms with Gasteiger partial charge in [-0.2, -0.15) is 0 Å². The largest absolute Gasteiger partial charge is 0.357 e. The number of aryl methyl sites for hydroxylation is 1. The summed E-state index contributed by atoms with van der Waals surface area (Å²) in [5.41, 5.74) is 4.64. The molecule has 1 fully saturated rings. The molecule has 3 nitrogen and oxygen atoms in total. The molecule has 1 aromatic carbocycles. The van der Waals surface area contributed by atoms with Crippen LogP contribution in [0.15, 0.2) is 24.4 Å². The van der Waals surface area contributed by atoms with Gasteiger partial charge in [0.1, 0.15) is 5.00 Å². The first-order valence-corrected chi connectivity index (χ1v) is 8.64. The third-order valence-corrected chi connectivity index (χ3v) is 5.63. The minimum Gasteiger partial charge on any atom is -0.357 e. The Labute approximate surface area is 130 Å². The number of aromatic nitrogens is 1. The van der Waals surface area contributed by atoms with E-state index in [2.05, 4.69) is 40.3 Å². The first kappa shape index (κ1) is 13.3. The van der Waals surface area contributed by atoms with Gasteiger partial charge >= 0.3 is 0 Å². The van der Waals surface area contributed by atoms with Crippen molar-refractivity contribution in [2.24, 2.45) is 0 Å². The number of nitrogens with one attached hydrogen (secondary N) is 1. The van der Waals surface area contributed by atoms with Crippen LogP contribution >= 0.6 is 11.3 Å². The number of hydrogen-bond acceptors (Lipinski definition) is 4. The van der Waals surface area contributed by atoms with Crippen molar-refractivity contribution in [1.29, 1.82) is 0 Å². The fraction of sp³-hybridized carbons (Fsp3) is 0.471. The smallest absolute Gasteiger partial charge is 0.112 e. The molecule has 4 heteroatoms. The van der Waals surface area contributed by atoms with Gasteiger partial charge in [-0.25, -0.2) is 4.98 Å². The summed E-state index contributed by atoms with van der Waals surface area (Å²) < 4.78 is 0. The summed E-state index contributed by atoms with van der Waals surface area (Å²) in [6, 6.07) is 7.44. The predicted octanol–water partition coefficient (Wildman–Crippen LogP) is 3.44. The molecule has 0 amide bonds. The Balaban J connectivity index is 1.62. The zero-order valence-electron chi connectivity index (χ0n) is 12.4. The number of fused-ring (bicyclic) bond motifs is 1. The maximum Gasteiger partial charge on any atom is 0.112 e. The number of anilines is 1. The second-order valence-electron chi connectivity index (χ2n) is 6.02. The molecule has 1 aromatic heterocycles. The van der Waals surface area contributed by atoms with Crippen molar-refractivity contribution in [2.75, 3.05) is 18.0 Å². The molecule has 3 heterocycles. The van der Waals surface area contributed by atoms with Crippen LogP contribution in [0.5, 0.6) is 0 Å². The average molecular weight is 299 g/mol. The van der Waals surface area contributed by atoms with Gasteiger partial charge in [-0.1, -0.05) is 18.2 Å².